The van der Waals surface area contributed by atoms with Gasteiger partial charge in [-0.1, -0.05) is 12.1 Å². The maximum Gasteiger partial charge on any atom is 0.148 e. The summed E-state index contributed by atoms with van der Waals surface area (Å²) < 4.78 is 35.3. The molecule has 0 amide bonds. The molecule has 1 N–H and O–H groups in total. The molecule has 0 aliphatic rings. The summed E-state index contributed by atoms with van der Waals surface area (Å²) in [6.45, 7) is 3.80. The number of halogens is 1. The molecule has 2 atom stereocenters. The molecular formula is C13H20FNO2S. The number of nitrogens with one attached hydrogen (secondary N) is 1. The monoisotopic (exact) mass is 273 g/mol. The van der Waals surface area contributed by atoms with Gasteiger partial charge >= 0.3 is 0 Å². The van der Waals surface area contributed by atoms with Crippen LogP contribution in [-0.2, 0) is 16.3 Å². The molecule has 0 saturated carbocycles. The Kier molecular flexibility index (Phi) is 5.28. The van der Waals surface area contributed by atoms with Crippen molar-refractivity contribution < 1.29 is 12.8 Å². The van der Waals surface area contributed by atoms with Gasteiger partial charge in [0.15, 0.2) is 0 Å². The van der Waals surface area contributed by atoms with Gasteiger partial charge in [-0.25, -0.2) is 12.8 Å². The molecule has 2 unspecified atom stereocenters. The van der Waals surface area contributed by atoms with Crippen molar-refractivity contribution in [2.24, 2.45) is 0 Å². The molecule has 0 bridgehead atoms. The normalized spacial score (nSPS) is 15.3. The summed E-state index contributed by atoms with van der Waals surface area (Å²) >= 11 is 0. The van der Waals surface area contributed by atoms with Crippen molar-refractivity contribution in [3.8, 4) is 0 Å². The van der Waals surface area contributed by atoms with Crippen LogP contribution in [0.2, 0.25) is 0 Å². The van der Waals surface area contributed by atoms with E-state index in [0.29, 0.717) is 6.42 Å². The van der Waals surface area contributed by atoms with Crippen LogP contribution in [0.25, 0.3) is 0 Å². The number of benzene rings is 1. The van der Waals surface area contributed by atoms with E-state index in [-0.39, 0.29) is 23.7 Å². The predicted molar refractivity (Wildman–Crippen MR) is 71.9 cm³/mol. The fourth-order valence-electron chi connectivity index (χ4n) is 2.06. The minimum Gasteiger partial charge on any atom is -0.310 e. The van der Waals surface area contributed by atoms with E-state index in [1.54, 1.807) is 6.07 Å². The van der Waals surface area contributed by atoms with Crippen LogP contribution in [0.15, 0.2) is 24.3 Å². The lowest BCUT2D eigenvalue weighted by Crippen LogP contribution is -2.39. The van der Waals surface area contributed by atoms with Crippen molar-refractivity contribution >= 4 is 9.84 Å². The minimum absolute atomic E-state index is 0.101. The first-order valence-corrected chi connectivity index (χ1v) is 8.00. The molecular weight excluding hydrogens is 253 g/mol. The van der Waals surface area contributed by atoms with Crippen molar-refractivity contribution in [1.29, 1.82) is 0 Å². The first-order valence-electron chi connectivity index (χ1n) is 5.94. The smallest absolute Gasteiger partial charge is 0.148 e. The van der Waals surface area contributed by atoms with E-state index in [9.17, 15) is 12.8 Å². The first kappa shape index (κ1) is 15.1. The second-order valence-corrected chi connectivity index (χ2v) is 7.08. The summed E-state index contributed by atoms with van der Waals surface area (Å²) in [5, 5.41) is 3.20. The topological polar surface area (TPSA) is 46.2 Å². The largest absolute Gasteiger partial charge is 0.310 e. The molecule has 1 aromatic rings. The van der Waals surface area contributed by atoms with E-state index in [1.165, 1.54) is 18.4 Å². The van der Waals surface area contributed by atoms with Gasteiger partial charge in [0.2, 0.25) is 0 Å². The van der Waals surface area contributed by atoms with Gasteiger partial charge in [0, 0.05) is 18.3 Å². The van der Waals surface area contributed by atoms with E-state index in [1.807, 2.05) is 19.9 Å². The number of hydrogen-bond acceptors (Lipinski definition) is 3. The maximum absolute atomic E-state index is 13.0. The van der Waals surface area contributed by atoms with E-state index in [2.05, 4.69) is 5.32 Å². The van der Waals surface area contributed by atoms with Crippen molar-refractivity contribution in [3.05, 3.63) is 35.6 Å². The summed E-state index contributed by atoms with van der Waals surface area (Å²) in [6, 6.07) is 6.44. The molecule has 5 heteroatoms. The Hall–Kier alpha value is -0.940. The summed E-state index contributed by atoms with van der Waals surface area (Å²) in [7, 11) is -2.97. The SMILES string of the molecule is CC(Cc1cccc(F)c1)NC(C)CS(C)(=O)=O. The predicted octanol–water partition coefficient (Wildman–Crippen LogP) is 1.78. The van der Waals surface area contributed by atoms with Gasteiger partial charge in [-0.3, -0.25) is 0 Å². The average Bonchev–Trinajstić information content (AvgIpc) is 2.13. The van der Waals surface area contributed by atoms with Gasteiger partial charge in [-0.05, 0) is 38.0 Å². The molecule has 0 aliphatic carbocycles. The van der Waals surface area contributed by atoms with Crippen LogP contribution in [0.3, 0.4) is 0 Å². The fraction of sp³-hybridized carbons (Fsp3) is 0.538. The third-order valence-corrected chi connectivity index (χ3v) is 3.66. The second kappa shape index (κ2) is 6.29. The summed E-state index contributed by atoms with van der Waals surface area (Å²) in [5.41, 5.74) is 0.904. The highest BCUT2D eigenvalue weighted by atomic mass is 32.2. The zero-order valence-corrected chi connectivity index (χ0v) is 11.8. The lowest BCUT2D eigenvalue weighted by atomic mass is 10.1. The van der Waals surface area contributed by atoms with Crippen molar-refractivity contribution in [3.63, 3.8) is 0 Å². The Balaban J connectivity index is 2.49. The highest BCUT2D eigenvalue weighted by Crippen LogP contribution is 2.07. The van der Waals surface area contributed by atoms with Crippen LogP contribution in [0.5, 0.6) is 0 Å². The van der Waals surface area contributed by atoms with Gasteiger partial charge in [-0.15, -0.1) is 0 Å². The molecule has 0 radical (unpaired) electrons. The Morgan fingerprint density at radius 3 is 2.50 bits per heavy atom. The molecule has 1 aromatic carbocycles. The van der Waals surface area contributed by atoms with E-state index < -0.39 is 9.84 Å². The highest BCUT2D eigenvalue weighted by Gasteiger charge is 2.13. The molecule has 1 rings (SSSR count). The Morgan fingerprint density at radius 1 is 1.28 bits per heavy atom. The minimum atomic E-state index is -2.97. The number of hydrogen-bond donors (Lipinski definition) is 1. The number of rotatable bonds is 6. The van der Waals surface area contributed by atoms with Gasteiger partial charge in [-0.2, -0.15) is 0 Å². The third-order valence-electron chi connectivity index (χ3n) is 2.55. The van der Waals surface area contributed by atoms with Gasteiger partial charge in [0.25, 0.3) is 0 Å². The number of sulfone groups is 1. The standard InChI is InChI=1S/C13H20FNO2S/c1-10(15-11(2)9-18(3,16)17)7-12-5-4-6-13(14)8-12/h4-6,8,10-11,15H,7,9H2,1-3H3. The lowest BCUT2D eigenvalue weighted by Gasteiger charge is -2.19. The van der Waals surface area contributed by atoms with Crippen molar-refractivity contribution in [1.82, 2.24) is 5.32 Å². The van der Waals surface area contributed by atoms with Crippen LogP contribution in [-0.4, -0.2) is 32.5 Å². The van der Waals surface area contributed by atoms with Crippen LogP contribution >= 0.6 is 0 Å². The molecule has 0 saturated heterocycles. The molecule has 18 heavy (non-hydrogen) atoms. The summed E-state index contributed by atoms with van der Waals surface area (Å²) in [6.07, 6.45) is 1.90. The van der Waals surface area contributed by atoms with Gasteiger partial charge in [0.05, 0.1) is 5.75 Å². The molecule has 3 nitrogen and oxygen atoms in total. The summed E-state index contributed by atoms with van der Waals surface area (Å²) in [4.78, 5) is 0. The first-order chi connectivity index (χ1) is 8.26. The van der Waals surface area contributed by atoms with Gasteiger partial charge in [0.1, 0.15) is 15.7 Å². The highest BCUT2D eigenvalue weighted by molar-refractivity contribution is 7.90. The second-order valence-electron chi connectivity index (χ2n) is 4.90. The van der Waals surface area contributed by atoms with Crippen LogP contribution in [0.1, 0.15) is 19.4 Å². The van der Waals surface area contributed by atoms with E-state index in [0.717, 1.165) is 5.56 Å². The van der Waals surface area contributed by atoms with Crippen LogP contribution in [0.4, 0.5) is 4.39 Å². The molecule has 0 aromatic heterocycles. The van der Waals surface area contributed by atoms with Gasteiger partial charge < -0.3 is 5.32 Å². The Bertz CT molecular complexity index is 488. The van der Waals surface area contributed by atoms with E-state index >= 15 is 0 Å². The molecule has 0 fully saturated rings. The molecule has 0 spiro atoms. The average molecular weight is 273 g/mol. The van der Waals surface area contributed by atoms with Crippen molar-refractivity contribution in [2.45, 2.75) is 32.4 Å². The zero-order chi connectivity index (χ0) is 13.8. The fourth-order valence-corrected chi connectivity index (χ4v) is 3.07. The Labute approximate surface area is 108 Å². The maximum atomic E-state index is 13.0. The molecule has 0 heterocycles. The molecule has 0 aliphatic heterocycles. The lowest BCUT2D eigenvalue weighted by molar-refractivity contribution is 0.483. The quantitative estimate of drug-likeness (QED) is 0.859. The van der Waals surface area contributed by atoms with Crippen LogP contribution < -0.4 is 5.32 Å². The Morgan fingerprint density at radius 2 is 1.94 bits per heavy atom. The van der Waals surface area contributed by atoms with Crippen molar-refractivity contribution in [2.75, 3.05) is 12.0 Å². The zero-order valence-electron chi connectivity index (χ0n) is 11.0. The molecule has 102 valence electrons. The van der Waals surface area contributed by atoms with Crippen LogP contribution in [0, 0.1) is 5.82 Å². The summed E-state index contributed by atoms with van der Waals surface area (Å²) in [5.74, 6) is -0.135. The third kappa shape index (κ3) is 6.12. The van der Waals surface area contributed by atoms with E-state index in [4.69, 9.17) is 0 Å².